The van der Waals surface area contributed by atoms with Crippen molar-refractivity contribution in [1.82, 2.24) is 24.6 Å². The van der Waals surface area contributed by atoms with Crippen molar-refractivity contribution in [2.75, 3.05) is 13.1 Å². The molecule has 124 valence electrons. The van der Waals surface area contributed by atoms with Gasteiger partial charge in [0.25, 0.3) is 0 Å². The molecule has 1 fully saturated rings. The number of hydrogen-bond donors (Lipinski definition) is 0. The zero-order chi connectivity index (χ0) is 16.2. The lowest BCUT2D eigenvalue weighted by atomic mass is 9.98. The van der Waals surface area contributed by atoms with Crippen molar-refractivity contribution in [3.05, 3.63) is 28.2 Å². The fraction of sp³-hybridized carbons (Fsp3) is 0.625. The van der Waals surface area contributed by atoms with Crippen LogP contribution in [0.25, 0.3) is 0 Å². The van der Waals surface area contributed by atoms with Gasteiger partial charge in [0.05, 0.1) is 10.7 Å². The van der Waals surface area contributed by atoms with E-state index in [1.165, 1.54) is 16.2 Å². The minimum atomic E-state index is 0.250. The fourth-order valence-corrected chi connectivity index (χ4v) is 4.02. The molecular weight excluding hydrogens is 310 g/mol. The van der Waals surface area contributed by atoms with Crippen LogP contribution in [0, 0.1) is 13.8 Å². The molecule has 0 aliphatic carbocycles. The third kappa shape index (κ3) is 3.96. The maximum absolute atomic E-state index is 12.4. The lowest BCUT2D eigenvalue weighted by Gasteiger charge is -2.32. The highest BCUT2D eigenvalue weighted by Crippen LogP contribution is 2.31. The van der Waals surface area contributed by atoms with Gasteiger partial charge in [-0.05, 0) is 33.1 Å². The molecule has 1 atom stereocenters. The summed E-state index contributed by atoms with van der Waals surface area (Å²) in [4.78, 5) is 24.3. The highest BCUT2D eigenvalue weighted by atomic mass is 32.1. The van der Waals surface area contributed by atoms with Crippen LogP contribution in [0.5, 0.6) is 0 Å². The summed E-state index contributed by atoms with van der Waals surface area (Å²) in [5.74, 6) is 0.653. The monoisotopic (exact) mass is 333 g/mol. The molecule has 1 amide bonds. The molecule has 2 aromatic rings. The van der Waals surface area contributed by atoms with Crippen molar-refractivity contribution in [2.24, 2.45) is 0 Å². The molecule has 7 heteroatoms. The SMILES string of the molecule is Cc1nc(C2CCCN(C(=O)CCCn3cncn3)C2)sc1C. The van der Waals surface area contributed by atoms with Crippen molar-refractivity contribution in [1.29, 1.82) is 0 Å². The van der Waals surface area contributed by atoms with Crippen LogP contribution in [-0.2, 0) is 11.3 Å². The minimum absolute atomic E-state index is 0.250. The summed E-state index contributed by atoms with van der Waals surface area (Å²) < 4.78 is 1.77. The van der Waals surface area contributed by atoms with Gasteiger partial charge in [-0.3, -0.25) is 9.48 Å². The maximum atomic E-state index is 12.4. The zero-order valence-corrected chi connectivity index (χ0v) is 14.6. The van der Waals surface area contributed by atoms with Crippen molar-refractivity contribution >= 4 is 17.2 Å². The van der Waals surface area contributed by atoms with Gasteiger partial charge >= 0.3 is 0 Å². The first-order valence-electron chi connectivity index (χ1n) is 8.17. The Kier molecular flexibility index (Phi) is 5.05. The Morgan fingerprint density at radius 1 is 1.43 bits per heavy atom. The quantitative estimate of drug-likeness (QED) is 0.843. The third-order valence-electron chi connectivity index (χ3n) is 4.41. The highest BCUT2D eigenvalue weighted by Gasteiger charge is 2.26. The fourth-order valence-electron chi connectivity index (χ4n) is 2.98. The number of hydrogen-bond acceptors (Lipinski definition) is 5. The molecule has 3 heterocycles. The van der Waals surface area contributed by atoms with Gasteiger partial charge in [0.15, 0.2) is 0 Å². The summed E-state index contributed by atoms with van der Waals surface area (Å²) in [7, 11) is 0. The van der Waals surface area contributed by atoms with Crippen molar-refractivity contribution in [2.45, 2.75) is 52.0 Å². The average molecular weight is 333 g/mol. The minimum Gasteiger partial charge on any atom is -0.342 e. The Balaban J connectivity index is 1.52. The Labute approximate surface area is 140 Å². The van der Waals surface area contributed by atoms with Crippen molar-refractivity contribution in [3.8, 4) is 0 Å². The molecule has 1 unspecified atom stereocenters. The van der Waals surface area contributed by atoms with Crippen LogP contribution in [0.15, 0.2) is 12.7 Å². The first-order valence-corrected chi connectivity index (χ1v) is 8.99. The molecule has 0 N–H and O–H groups in total. The molecule has 0 aromatic carbocycles. The van der Waals surface area contributed by atoms with E-state index in [-0.39, 0.29) is 5.91 Å². The lowest BCUT2D eigenvalue weighted by molar-refractivity contribution is -0.132. The third-order valence-corrected chi connectivity index (χ3v) is 5.65. The van der Waals surface area contributed by atoms with Gasteiger partial charge < -0.3 is 4.90 Å². The largest absolute Gasteiger partial charge is 0.342 e. The summed E-state index contributed by atoms with van der Waals surface area (Å²) in [6, 6.07) is 0. The number of aryl methyl sites for hydroxylation is 3. The van der Waals surface area contributed by atoms with E-state index in [2.05, 4.69) is 28.9 Å². The van der Waals surface area contributed by atoms with Crippen LogP contribution in [0.4, 0.5) is 0 Å². The average Bonchev–Trinajstić information content (AvgIpc) is 3.18. The van der Waals surface area contributed by atoms with Crippen LogP contribution in [0.3, 0.4) is 0 Å². The van der Waals surface area contributed by atoms with Gasteiger partial charge in [0, 0.05) is 36.9 Å². The van der Waals surface area contributed by atoms with E-state index >= 15 is 0 Å². The first kappa shape index (κ1) is 16.1. The second-order valence-electron chi connectivity index (χ2n) is 6.13. The first-order chi connectivity index (χ1) is 11.1. The van der Waals surface area contributed by atoms with Crippen LogP contribution >= 0.6 is 11.3 Å². The molecule has 0 saturated carbocycles. The number of nitrogens with zero attached hydrogens (tertiary/aromatic N) is 5. The smallest absolute Gasteiger partial charge is 0.222 e. The number of piperidine rings is 1. The summed E-state index contributed by atoms with van der Waals surface area (Å²) >= 11 is 1.78. The molecule has 2 aromatic heterocycles. The molecule has 1 aliphatic heterocycles. The van der Waals surface area contributed by atoms with Crippen LogP contribution in [0.2, 0.25) is 0 Å². The van der Waals surface area contributed by atoms with Crippen LogP contribution in [-0.4, -0.2) is 43.6 Å². The standard InChI is InChI=1S/C16H23N5OS/c1-12-13(2)23-16(19-12)14-5-3-7-20(9-14)15(22)6-4-8-21-11-17-10-18-21/h10-11,14H,3-9H2,1-2H3. The van der Waals surface area contributed by atoms with E-state index < -0.39 is 0 Å². The summed E-state index contributed by atoms with van der Waals surface area (Å²) in [6.07, 6.45) is 6.79. The second kappa shape index (κ2) is 7.21. The van der Waals surface area contributed by atoms with E-state index in [0.29, 0.717) is 12.3 Å². The Hall–Kier alpha value is -1.76. The Morgan fingerprint density at radius 2 is 2.30 bits per heavy atom. The molecule has 0 spiro atoms. The summed E-state index contributed by atoms with van der Waals surface area (Å²) in [5, 5.41) is 5.26. The molecular formula is C16H23N5OS. The molecule has 1 aliphatic rings. The second-order valence-corrected chi connectivity index (χ2v) is 7.37. The number of likely N-dealkylation sites (tertiary alicyclic amines) is 1. The predicted octanol–water partition coefficient (Wildman–Crippen LogP) is 2.54. The van der Waals surface area contributed by atoms with Gasteiger partial charge in [-0.2, -0.15) is 5.10 Å². The summed E-state index contributed by atoms with van der Waals surface area (Å²) in [6.45, 7) is 6.61. The van der Waals surface area contributed by atoms with E-state index in [1.807, 2.05) is 4.90 Å². The number of thiazole rings is 1. The molecule has 3 rings (SSSR count). The Morgan fingerprint density at radius 3 is 3.00 bits per heavy atom. The van der Waals surface area contributed by atoms with Gasteiger partial charge in [-0.15, -0.1) is 11.3 Å². The molecule has 1 saturated heterocycles. The van der Waals surface area contributed by atoms with Crippen LogP contribution < -0.4 is 0 Å². The molecule has 6 nitrogen and oxygen atoms in total. The maximum Gasteiger partial charge on any atom is 0.222 e. The Bertz CT molecular complexity index is 632. The van der Waals surface area contributed by atoms with Crippen molar-refractivity contribution in [3.63, 3.8) is 0 Å². The zero-order valence-electron chi connectivity index (χ0n) is 13.7. The lowest BCUT2D eigenvalue weighted by Crippen LogP contribution is -2.39. The number of rotatable bonds is 5. The normalized spacial score (nSPS) is 18.3. The molecule has 0 radical (unpaired) electrons. The van der Waals surface area contributed by atoms with Crippen LogP contribution in [0.1, 0.15) is 47.2 Å². The number of carbonyl (C=O) groups is 1. The van der Waals surface area contributed by atoms with Gasteiger partial charge in [0.1, 0.15) is 12.7 Å². The highest BCUT2D eigenvalue weighted by molar-refractivity contribution is 7.11. The van der Waals surface area contributed by atoms with Crippen molar-refractivity contribution < 1.29 is 4.79 Å². The number of amides is 1. The van der Waals surface area contributed by atoms with Gasteiger partial charge in [-0.1, -0.05) is 0 Å². The van der Waals surface area contributed by atoms with Gasteiger partial charge in [-0.25, -0.2) is 9.97 Å². The molecule has 0 bridgehead atoms. The predicted molar refractivity (Wildman–Crippen MR) is 89.4 cm³/mol. The van der Waals surface area contributed by atoms with E-state index in [0.717, 1.165) is 44.6 Å². The van der Waals surface area contributed by atoms with E-state index in [1.54, 1.807) is 22.3 Å². The number of carbonyl (C=O) groups excluding carboxylic acids is 1. The number of aromatic nitrogens is 4. The van der Waals surface area contributed by atoms with Gasteiger partial charge in [0.2, 0.25) is 5.91 Å². The summed E-state index contributed by atoms with van der Waals surface area (Å²) in [5.41, 5.74) is 1.13. The topological polar surface area (TPSA) is 63.9 Å². The van der Waals surface area contributed by atoms with E-state index in [9.17, 15) is 4.79 Å². The van der Waals surface area contributed by atoms with E-state index in [4.69, 9.17) is 0 Å². The molecule has 23 heavy (non-hydrogen) atoms.